The molecule has 8 nitrogen and oxygen atoms in total. The maximum absolute atomic E-state index is 10.4. The molecule has 4 N–H and O–H groups in total. The van der Waals surface area contributed by atoms with Gasteiger partial charge in [0.2, 0.25) is 0 Å². The van der Waals surface area contributed by atoms with Crippen LogP contribution in [-0.2, 0) is 17.7 Å². The second kappa shape index (κ2) is 7.81. The van der Waals surface area contributed by atoms with Crippen LogP contribution in [0.25, 0.3) is 0 Å². The van der Waals surface area contributed by atoms with Gasteiger partial charge in [-0.05, 0) is 37.0 Å². The first-order valence-electron chi connectivity index (χ1n) is 9.58. The molecule has 4 rings (SSSR count). The van der Waals surface area contributed by atoms with E-state index in [-0.39, 0.29) is 0 Å². The van der Waals surface area contributed by atoms with Crippen LogP contribution in [0.3, 0.4) is 0 Å². The summed E-state index contributed by atoms with van der Waals surface area (Å²) in [5.41, 5.74) is 3.77. The quantitative estimate of drug-likeness (QED) is 0.594. The van der Waals surface area contributed by atoms with Crippen molar-refractivity contribution in [2.24, 2.45) is 0 Å². The summed E-state index contributed by atoms with van der Waals surface area (Å²) in [6, 6.07) is 7.74. The standard InChI is InChI=1S/C20H26N2O6/c1-11-7-14(21-28-11)9-22-6-2-3-12-4-5-13(8-15(12)22)20-19(26)18(25)17(24)16(10-23)27-20/h4-5,7-8,16-20,23-26H,2-3,6,9-10H2,1H3/t16-,17-,18+,19-,20+/m1/s1. The fourth-order valence-corrected chi connectivity index (χ4v) is 4.07. The van der Waals surface area contributed by atoms with E-state index in [1.807, 2.05) is 31.2 Å². The second-order valence-corrected chi connectivity index (χ2v) is 7.59. The normalized spacial score (nSPS) is 30.3. The first-order valence-corrected chi connectivity index (χ1v) is 9.58. The van der Waals surface area contributed by atoms with Gasteiger partial charge in [0, 0.05) is 18.3 Å². The molecule has 0 unspecified atom stereocenters. The summed E-state index contributed by atoms with van der Waals surface area (Å²) in [5.74, 6) is 0.766. The highest BCUT2D eigenvalue weighted by Gasteiger charge is 2.44. The average molecular weight is 390 g/mol. The minimum absolute atomic E-state index is 0.440. The summed E-state index contributed by atoms with van der Waals surface area (Å²) in [6.07, 6.45) is -3.80. The van der Waals surface area contributed by atoms with Gasteiger partial charge in [-0.2, -0.15) is 0 Å². The lowest BCUT2D eigenvalue weighted by atomic mass is 9.89. The van der Waals surface area contributed by atoms with E-state index < -0.39 is 37.1 Å². The minimum atomic E-state index is -1.39. The molecule has 3 heterocycles. The average Bonchev–Trinajstić information content (AvgIpc) is 3.11. The number of aromatic nitrogens is 1. The third kappa shape index (κ3) is 3.54. The zero-order valence-electron chi connectivity index (χ0n) is 15.7. The molecule has 0 bridgehead atoms. The van der Waals surface area contributed by atoms with Crippen LogP contribution in [0.4, 0.5) is 5.69 Å². The van der Waals surface area contributed by atoms with E-state index in [1.165, 1.54) is 5.56 Å². The number of benzene rings is 1. The van der Waals surface area contributed by atoms with Crippen LogP contribution >= 0.6 is 0 Å². The molecular weight excluding hydrogens is 364 g/mol. The van der Waals surface area contributed by atoms with Crippen molar-refractivity contribution in [2.75, 3.05) is 18.1 Å². The van der Waals surface area contributed by atoms with Crippen molar-refractivity contribution in [3.05, 3.63) is 46.8 Å². The van der Waals surface area contributed by atoms with Crippen LogP contribution in [0.15, 0.2) is 28.8 Å². The van der Waals surface area contributed by atoms with Crippen LogP contribution < -0.4 is 4.90 Å². The molecule has 2 aliphatic heterocycles. The minimum Gasteiger partial charge on any atom is -0.394 e. The fourth-order valence-electron chi connectivity index (χ4n) is 4.07. The molecule has 28 heavy (non-hydrogen) atoms. The smallest absolute Gasteiger partial charge is 0.133 e. The third-order valence-corrected chi connectivity index (χ3v) is 5.57. The summed E-state index contributed by atoms with van der Waals surface area (Å²) in [5, 5.41) is 44.0. The van der Waals surface area contributed by atoms with Crippen LogP contribution in [0.5, 0.6) is 0 Å². The number of ether oxygens (including phenoxy) is 1. The first-order chi connectivity index (χ1) is 13.5. The number of fused-ring (bicyclic) bond motifs is 1. The summed E-state index contributed by atoms with van der Waals surface area (Å²) in [4.78, 5) is 2.21. The maximum Gasteiger partial charge on any atom is 0.133 e. The maximum atomic E-state index is 10.4. The van der Waals surface area contributed by atoms with E-state index in [4.69, 9.17) is 9.26 Å². The Morgan fingerprint density at radius 3 is 2.68 bits per heavy atom. The van der Waals surface area contributed by atoms with E-state index >= 15 is 0 Å². The summed E-state index contributed by atoms with van der Waals surface area (Å²) >= 11 is 0. The fraction of sp³-hybridized carbons (Fsp3) is 0.550. The zero-order valence-corrected chi connectivity index (χ0v) is 15.7. The number of aryl methyl sites for hydroxylation is 2. The van der Waals surface area contributed by atoms with E-state index in [0.717, 1.165) is 36.5 Å². The molecular formula is C20H26N2O6. The van der Waals surface area contributed by atoms with Gasteiger partial charge in [-0.15, -0.1) is 0 Å². The van der Waals surface area contributed by atoms with Crippen molar-refractivity contribution in [1.82, 2.24) is 5.16 Å². The van der Waals surface area contributed by atoms with Crippen molar-refractivity contribution in [3.8, 4) is 0 Å². The number of aliphatic hydroxyl groups is 4. The van der Waals surface area contributed by atoms with Gasteiger partial charge in [-0.25, -0.2) is 0 Å². The van der Waals surface area contributed by atoms with E-state index in [0.29, 0.717) is 12.1 Å². The molecule has 1 aromatic heterocycles. The number of hydrogen-bond acceptors (Lipinski definition) is 8. The highest BCUT2D eigenvalue weighted by molar-refractivity contribution is 5.58. The predicted molar refractivity (Wildman–Crippen MR) is 99.8 cm³/mol. The van der Waals surface area contributed by atoms with Gasteiger partial charge in [-0.3, -0.25) is 0 Å². The van der Waals surface area contributed by atoms with Crippen molar-refractivity contribution in [2.45, 2.75) is 56.8 Å². The van der Waals surface area contributed by atoms with Gasteiger partial charge in [0.1, 0.15) is 42.0 Å². The SMILES string of the molecule is Cc1cc(CN2CCCc3ccc([C@@H]4O[C@H](CO)[C@@H](O)[C@H](O)[C@H]4O)cc32)no1. The molecule has 8 heteroatoms. The molecule has 152 valence electrons. The highest BCUT2D eigenvalue weighted by Crippen LogP contribution is 2.37. The van der Waals surface area contributed by atoms with Gasteiger partial charge in [0.25, 0.3) is 0 Å². The molecule has 0 radical (unpaired) electrons. The van der Waals surface area contributed by atoms with Gasteiger partial charge in [0.05, 0.1) is 13.2 Å². The summed E-state index contributed by atoms with van der Waals surface area (Å²) in [6.45, 7) is 2.90. The monoisotopic (exact) mass is 390 g/mol. The number of rotatable bonds is 4. The van der Waals surface area contributed by atoms with Crippen LogP contribution in [0.1, 0.15) is 35.1 Å². The number of nitrogens with zero attached hydrogens (tertiary/aromatic N) is 2. The number of anilines is 1. The second-order valence-electron chi connectivity index (χ2n) is 7.59. The lowest BCUT2D eigenvalue weighted by molar-refractivity contribution is -0.231. The van der Waals surface area contributed by atoms with Crippen molar-refractivity contribution in [1.29, 1.82) is 0 Å². The molecule has 1 fully saturated rings. The third-order valence-electron chi connectivity index (χ3n) is 5.57. The summed E-state index contributed by atoms with van der Waals surface area (Å²) < 4.78 is 10.9. The predicted octanol–water partition coefficient (Wildman–Crippen LogP) is 0.451. The Morgan fingerprint density at radius 1 is 1.14 bits per heavy atom. The Labute approximate surface area is 163 Å². The molecule has 1 saturated heterocycles. The largest absolute Gasteiger partial charge is 0.394 e. The first kappa shape index (κ1) is 19.4. The van der Waals surface area contributed by atoms with Crippen LogP contribution in [0.2, 0.25) is 0 Å². The molecule has 2 aliphatic rings. The molecule has 2 aromatic rings. The number of hydrogen-bond donors (Lipinski definition) is 4. The molecule has 0 saturated carbocycles. The molecule has 1 aromatic carbocycles. The van der Waals surface area contributed by atoms with Crippen molar-refractivity contribution in [3.63, 3.8) is 0 Å². The molecule has 0 amide bonds. The Hall–Kier alpha value is -1.97. The number of aliphatic hydroxyl groups excluding tert-OH is 4. The lowest BCUT2D eigenvalue weighted by Gasteiger charge is -2.41. The molecule has 5 atom stereocenters. The van der Waals surface area contributed by atoms with Gasteiger partial charge in [-0.1, -0.05) is 17.3 Å². The zero-order chi connectivity index (χ0) is 19.8. The van der Waals surface area contributed by atoms with Gasteiger partial charge < -0.3 is 34.6 Å². The van der Waals surface area contributed by atoms with Crippen LogP contribution in [0, 0.1) is 6.92 Å². The van der Waals surface area contributed by atoms with Crippen molar-refractivity contribution >= 4 is 5.69 Å². The van der Waals surface area contributed by atoms with Gasteiger partial charge >= 0.3 is 0 Å². The Balaban J connectivity index is 1.62. The van der Waals surface area contributed by atoms with Crippen molar-refractivity contribution < 1.29 is 29.7 Å². The Kier molecular flexibility index (Phi) is 5.39. The molecule has 0 spiro atoms. The van der Waals surface area contributed by atoms with Gasteiger partial charge in [0.15, 0.2) is 0 Å². The topological polar surface area (TPSA) is 119 Å². The highest BCUT2D eigenvalue weighted by atomic mass is 16.5. The van der Waals surface area contributed by atoms with E-state index in [1.54, 1.807) is 0 Å². The van der Waals surface area contributed by atoms with E-state index in [2.05, 4.69) is 10.1 Å². The van der Waals surface area contributed by atoms with E-state index in [9.17, 15) is 20.4 Å². The summed E-state index contributed by atoms with van der Waals surface area (Å²) in [7, 11) is 0. The van der Waals surface area contributed by atoms with Crippen LogP contribution in [-0.4, -0.2) is 63.2 Å². The lowest BCUT2D eigenvalue weighted by Crippen LogP contribution is -2.55. The molecule has 0 aliphatic carbocycles. The Morgan fingerprint density at radius 2 is 1.96 bits per heavy atom. The Bertz CT molecular complexity index is 823.